The number of carbonyl (C=O) groups excluding carboxylic acids is 2. The lowest BCUT2D eigenvalue weighted by Gasteiger charge is -2.25. The molecule has 26 heavy (non-hydrogen) atoms. The second kappa shape index (κ2) is 7.74. The zero-order valence-electron chi connectivity index (χ0n) is 14.0. The van der Waals surface area contributed by atoms with Crippen molar-refractivity contribution in [3.63, 3.8) is 0 Å². The van der Waals surface area contributed by atoms with E-state index in [0.717, 1.165) is 5.56 Å². The third-order valence-corrected chi connectivity index (χ3v) is 4.25. The number of nitrogens with one attached hydrogen (secondary N) is 1. The van der Waals surface area contributed by atoms with Gasteiger partial charge in [-0.2, -0.15) is 0 Å². The molecule has 0 aromatic heterocycles. The Balaban J connectivity index is 1.58. The van der Waals surface area contributed by atoms with Gasteiger partial charge in [0.1, 0.15) is 18.2 Å². The van der Waals surface area contributed by atoms with Crippen LogP contribution >= 0.6 is 11.6 Å². The maximum absolute atomic E-state index is 13.2. The van der Waals surface area contributed by atoms with E-state index in [2.05, 4.69) is 5.32 Å². The number of esters is 1. The van der Waals surface area contributed by atoms with Gasteiger partial charge < -0.3 is 14.8 Å². The minimum atomic E-state index is -1.02. The predicted molar refractivity (Wildman–Crippen MR) is 94.7 cm³/mol. The van der Waals surface area contributed by atoms with E-state index in [1.54, 1.807) is 24.3 Å². The van der Waals surface area contributed by atoms with Crippen LogP contribution in [0, 0.1) is 11.7 Å². The third-order valence-electron chi connectivity index (χ3n) is 4.02. The van der Waals surface area contributed by atoms with Gasteiger partial charge in [0.2, 0.25) is 0 Å². The molecule has 2 aromatic carbocycles. The molecule has 2 aromatic rings. The van der Waals surface area contributed by atoms with Gasteiger partial charge in [-0.25, -0.2) is 4.39 Å². The number of benzene rings is 2. The minimum absolute atomic E-state index is 0.172. The first-order valence-corrected chi connectivity index (χ1v) is 8.48. The molecular weight excluding hydrogens is 361 g/mol. The van der Waals surface area contributed by atoms with E-state index in [0.29, 0.717) is 22.9 Å². The highest BCUT2D eigenvalue weighted by molar-refractivity contribution is 6.30. The van der Waals surface area contributed by atoms with Gasteiger partial charge in [-0.3, -0.25) is 9.59 Å². The number of hydrogen-bond acceptors (Lipinski definition) is 4. The van der Waals surface area contributed by atoms with Crippen LogP contribution in [0.5, 0.6) is 5.75 Å². The lowest BCUT2D eigenvalue weighted by atomic mass is 9.97. The summed E-state index contributed by atoms with van der Waals surface area (Å²) in [4.78, 5) is 24.5. The molecule has 1 aliphatic heterocycles. The largest absolute Gasteiger partial charge is 0.492 e. The lowest BCUT2D eigenvalue weighted by Crippen LogP contribution is -2.36. The minimum Gasteiger partial charge on any atom is -0.492 e. The fraction of sp³-hybridized carbons (Fsp3) is 0.263. The Labute approximate surface area is 155 Å². The van der Waals surface area contributed by atoms with Crippen molar-refractivity contribution in [2.24, 2.45) is 5.92 Å². The molecule has 5 nitrogen and oxygen atoms in total. The second-order valence-electron chi connectivity index (χ2n) is 6.04. The molecular formula is C19H17ClFNO4. The van der Waals surface area contributed by atoms with Crippen LogP contribution in [-0.2, 0) is 20.7 Å². The number of rotatable bonds is 4. The van der Waals surface area contributed by atoms with Crippen LogP contribution in [0.15, 0.2) is 42.5 Å². The normalized spacial score (nSPS) is 16.8. The Morgan fingerprint density at radius 2 is 2.12 bits per heavy atom. The van der Waals surface area contributed by atoms with E-state index in [1.807, 2.05) is 0 Å². The van der Waals surface area contributed by atoms with E-state index in [4.69, 9.17) is 21.1 Å². The lowest BCUT2D eigenvalue weighted by molar-refractivity contribution is -0.158. The second-order valence-corrected chi connectivity index (χ2v) is 6.48. The summed E-state index contributed by atoms with van der Waals surface area (Å²) < 4.78 is 24.0. The molecule has 1 aliphatic rings. The van der Waals surface area contributed by atoms with Gasteiger partial charge in [0, 0.05) is 10.7 Å². The van der Waals surface area contributed by atoms with Crippen molar-refractivity contribution >= 4 is 29.2 Å². The molecule has 0 aliphatic carbocycles. The van der Waals surface area contributed by atoms with E-state index in [-0.39, 0.29) is 6.61 Å². The Hall–Kier alpha value is -2.60. The monoisotopic (exact) mass is 377 g/mol. The molecule has 0 saturated heterocycles. The number of anilines is 1. The topological polar surface area (TPSA) is 64.6 Å². The van der Waals surface area contributed by atoms with E-state index in [1.165, 1.54) is 25.1 Å². The molecule has 1 heterocycles. The first-order valence-electron chi connectivity index (χ1n) is 8.10. The molecule has 1 amide bonds. The van der Waals surface area contributed by atoms with Crippen LogP contribution in [0.25, 0.3) is 0 Å². The molecule has 0 bridgehead atoms. The van der Waals surface area contributed by atoms with Crippen LogP contribution in [0.1, 0.15) is 12.5 Å². The molecule has 0 radical (unpaired) electrons. The van der Waals surface area contributed by atoms with Crippen molar-refractivity contribution in [2.45, 2.75) is 19.4 Å². The fourth-order valence-electron chi connectivity index (χ4n) is 2.65. The summed E-state index contributed by atoms with van der Waals surface area (Å²) in [6.07, 6.45) is -0.598. The summed E-state index contributed by atoms with van der Waals surface area (Å²) in [6, 6.07) is 10.7. The van der Waals surface area contributed by atoms with E-state index in [9.17, 15) is 14.0 Å². The SMILES string of the molecule is C[C@@H](OC(=O)[C@H]1COc2ccc(Cl)cc2C1)C(=O)Nc1cccc(F)c1. The van der Waals surface area contributed by atoms with Gasteiger partial charge >= 0.3 is 5.97 Å². The molecule has 2 atom stereocenters. The quantitative estimate of drug-likeness (QED) is 0.827. The molecule has 0 fully saturated rings. The summed E-state index contributed by atoms with van der Waals surface area (Å²) in [5, 5.41) is 3.07. The van der Waals surface area contributed by atoms with Gasteiger partial charge in [-0.15, -0.1) is 0 Å². The number of carbonyl (C=O) groups is 2. The molecule has 0 unspecified atom stereocenters. The van der Waals surface area contributed by atoms with Crippen molar-refractivity contribution < 1.29 is 23.5 Å². The molecule has 136 valence electrons. The zero-order valence-corrected chi connectivity index (χ0v) is 14.8. The zero-order chi connectivity index (χ0) is 18.7. The average Bonchev–Trinajstić information content (AvgIpc) is 2.60. The first-order chi connectivity index (χ1) is 12.4. The van der Waals surface area contributed by atoms with Crippen molar-refractivity contribution in [1.82, 2.24) is 0 Å². The van der Waals surface area contributed by atoms with E-state index < -0.39 is 29.7 Å². The summed E-state index contributed by atoms with van der Waals surface area (Å²) >= 11 is 5.97. The molecule has 3 rings (SSSR count). The fourth-order valence-corrected chi connectivity index (χ4v) is 2.84. The van der Waals surface area contributed by atoms with Gasteiger partial charge in [0.25, 0.3) is 5.91 Å². The molecule has 1 N–H and O–H groups in total. The van der Waals surface area contributed by atoms with Crippen molar-refractivity contribution in [2.75, 3.05) is 11.9 Å². The number of ether oxygens (including phenoxy) is 2. The standard InChI is InChI=1S/C19H17ClFNO4/c1-11(18(23)22-16-4-2-3-15(21)9-16)26-19(24)13-7-12-8-14(20)5-6-17(12)25-10-13/h2-6,8-9,11,13H,7,10H2,1H3,(H,22,23)/t11-,13-/m1/s1. The van der Waals surface area contributed by atoms with Crippen molar-refractivity contribution in [3.8, 4) is 5.75 Å². The highest BCUT2D eigenvalue weighted by Gasteiger charge is 2.30. The summed E-state index contributed by atoms with van der Waals surface area (Å²) in [5.41, 5.74) is 1.12. The van der Waals surface area contributed by atoms with E-state index >= 15 is 0 Å². The summed E-state index contributed by atoms with van der Waals surface area (Å²) in [6.45, 7) is 1.63. The third kappa shape index (κ3) is 4.32. The van der Waals surface area contributed by atoms with Crippen LogP contribution in [0.2, 0.25) is 5.02 Å². The van der Waals surface area contributed by atoms with Crippen LogP contribution in [0.3, 0.4) is 0 Å². The molecule has 0 saturated carbocycles. The number of amides is 1. The summed E-state index contributed by atoms with van der Waals surface area (Å²) in [5.74, 6) is -1.37. The maximum Gasteiger partial charge on any atom is 0.313 e. The Morgan fingerprint density at radius 1 is 1.31 bits per heavy atom. The maximum atomic E-state index is 13.2. The Kier molecular flexibility index (Phi) is 5.42. The average molecular weight is 378 g/mol. The van der Waals surface area contributed by atoms with Crippen LogP contribution in [0.4, 0.5) is 10.1 Å². The molecule has 0 spiro atoms. The van der Waals surface area contributed by atoms with Crippen LogP contribution in [-0.4, -0.2) is 24.6 Å². The highest BCUT2D eigenvalue weighted by atomic mass is 35.5. The Bertz CT molecular complexity index is 842. The Morgan fingerprint density at radius 3 is 2.88 bits per heavy atom. The predicted octanol–water partition coefficient (Wildman–Crippen LogP) is 3.60. The number of fused-ring (bicyclic) bond motifs is 1. The van der Waals surface area contributed by atoms with Gasteiger partial charge in [-0.1, -0.05) is 17.7 Å². The van der Waals surface area contributed by atoms with Crippen molar-refractivity contribution in [1.29, 1.82) is 0 Å². The van der Waals surface area contributed by atoms with Crippen LogP contribution < -0.4 is 10.1 Å². The van der Waals surface area contributed by atoms with Gasteiger partial charge in [0.15, 0.2) is 6.10 Å². The number of halogens is 2. The first kappa shape index (κ1) is 18.2. The molecule has 7 heteroatoms. The highest BCUT2D eigenvalue weighted by Crippen LogP contribution is 2.30. The smallest absolute Gasteiger partial charge is 0.313 e. The van der Waals surface area contributed by atoms with Crippen molar-refractivity contribution in [3.05, 3.63) is 58.9 Å². The van der Waals surface area contributed by atoms with Gasteiger partial charge in [0.05, 0.1) is 5.92 Å². The number of hydrogen-bond donors (Lipinski definition) is 1. The summed E-state index contributed by atoms with van der Waals surface area (Å²) in [7, 11) is 0. The van der Waals surface area contributed by atoms with Gasteiger partial charge in [-0.05, 0) is 55.3 Å².